The highest BCUT2D eigenvalue weighted by Crippen LogP contribution is 2.33. The molecular weight excluding hydrogens is 150 g/mol. The number of phenolic OH excluding ortho intramolecular Hbond substituents is 1. The van der Waals surface area contributed by atoms with Crippen molar-refractivity contribution < 1.29 is 5.11 Å². The smallest absolute Gasteiger partial charge is 0.118 e. The summed E-state index contributed by atoms with van der Waals surface area (Å²) in [5.41, 5.74) is 3.61. The Morgan fingerprint density at radius 1 is 1.42 bits per heavy atom. The minimum Gasteiger partial charge on any atom is -0.508 e. The summed E-state index contributed by atoms with van der Waals surface area (Å²) in [7, 11) is 2.09. The van der Waals surface area contributed by atoms with Gasteiger partial charge in [-0.1, -0.05) is 0 Å². The fraction of sp³-hybridized carbons (Fsp3) is 0.400. The van der Waals surface area contributed by atoms with Gasteiger partial charge in [-0.25, -0.2) is 0 Å². The summed E-state index contributed by atoms with van der Waals surface area (Å²) < 4.78 is 0. The average Bonchev–Trinajstić information content (AvgIpc) is 2.41. The van der Waals surface area contributed by atoms with Crippen LogP contribution in [0.4, 0.5) is 5.69 Å². The zero-order chi connectivity index (χ0) is 8.72. The third kappa shape index (κ3) is 0.876. The van der Waals surface area contributed by atoms with E-state index in [2.05, 4.69) is 11.9 Å². The van der Waals surface area contributed by atoms with E-state index in [1.165, 1.54) is 11.3 Å². The van der Waals surface area contributed by atoms with Crippen LogP contribution in [-0.4, -0.2) is 18.7 Å². The molecule has 0 amide bonds. The molecule has 0 saturated carbocycles. The number of phenols is 1. The average molecular weight is 163 g/mol. The molecule has 0 bridgehead atoms. The van der Waals surface area contributed by atoms with E-state index in [1.54, 1.807) is 6.07 Å². The number of hydrogen-bond donors (Lipinski definition) is 1. The maximum Gasteiger partial charge on any atom is 0.118 e. The molecule has 0 fully saturated rings. The number of anilines is 1. The fourth-order valence-corrected chi connectivity index (χ4v) is 1.80. The van der Waals surface area contributed by atoms with Gasteiger partial charge >= 0.3 is 0 Å². The lowest BCUT2D eigenvalue weighted by molar-refractivity contribution is 0.470. The summed E-state index contributed by atoms with van der Waals surface area (Å²) >= 11 is 0. The standard InChI is InChI=1S/C10H13NO/c1-7-8-5-6-11(2)9(8)3-4-10(7)12/h3-4,12H,5-6H2,1-2H3. The van der Waals surface area contributed by atoms with E-state index in [0.717, 1.165) is 18.5 Å². The highest BCUT2D eigenvalue weighted by atomic mass is 16.3. The number of rotatable bonds is 0. The molecule has 0 aliphatic carbocycles. The predicted octanol–water partition coefficient (Wildman–Crippen LogP) is 1.69. The molecule has 12 heavy (non-hydrogen) atoms. The van der Waals surface area contributed by atoms with E-state index in [0.29, 0.717) is 5.75 Å². The normalized spacial score (nSPS) is 15.0. The lowest BCUT2D eigenvalue weighted by atomic mass is 10.1. The van der Waals surface area contributed by atoms with Crippen molar-refractivity contribution in [3.05, 3.63) is 23.3 Å². The third-order valence-corrected chi connectivity index (χ3v) is 2.65. The first-order valence-corrected chi connectivity index (χ1v) is 4.22. The van der Waals surface area contributed by atoms with Crippen LogP contribution in [0.1, 0.15) is 11.1 Å². The second-order valence-corrected chi connectivity index (χ2v) is 3.38. The Kier molecular flexibility index (Phi) is 1.50. The monoisotopic (exact) mass is 163 g/mol. The molecule has 0 saturated heterocycles. The highest BCUT2D eigenvalue weighted by Gasteiger charge is 2.18. The van der Waals surface area contributed by atoms with Gasteiger partial charge in [-0.05, 0) is 36.6 Å². The van der Waals surface area contributed by atoms with Gasteiger partial charge < -0.3 is 10.0 Å². The zero-order valence-corrected chi connectivity index (χ0v) is 7.46. The quantitative estimate of drug-likeness (QED) is 0.629. The van der Waals surface area contributed by atoms with Crippen molar-refractivity contribution in [2.24, 2.45) is 0 Å². The van der Waals surface area contributed by atoms with Crippen molar-refractivity contribution in [3.8, 4) is 5.75 Å². The molecule has 0 atom stereocenters. The number of likely N-dealkylation sites (N-methyl/N-ethyl adjacent to an activating group) is 1. The molecule has 2 rings (SSSR count). The van der Waals surface area contributed by atoms with Crippen LogP contribution >= 0.6 is 0 Å². The Labute approximate surface area is 72.4 Å². The lowest BCUT2D eigenvalue weighted by Crippen LogP contribution is -2.12. The Balaban J connectivity index is 2.60. The fourth-order valence-electron chi connectivity index (χ4n) is 1.80. The van der Waals surface area contributed by atoms with Gasteiger partial charge in [0.15, 0.2) is 0 Å². The van der Waals surface area contributed by atoms with Gasteiger partial charge in [0.2, 0.25) is 0 Å². The molecular formula is C10H13NO. The van der Waals surface area contributed by atoms with E-state index in [9.17, 15) is 5.11 Å². The van der Waals surface area contributed by atoms with Crippen LogP contribution in [0.5, 0.6) is 5.75 Å². The SMILES string of the molecule is Cc1c(O)ccc2c1CCN2C. The van der Waals surface area contributed by atoms with Gasteiger partial charge in [0.1, 0.15) is 5.75 Å². The number of fused-ring (bicyclic) bond motifs is 1. The number of nitrogens with zero attached hydrogens (tertiary/aromatic N) is 1. The first-order chi connectivity index (χ1) is 5.70. The largest absolute Gasteiger partial charge is 0.508 e. The second-order valence-electron chi connectivity index (χ2n) is 3.38. The number of hydrogen-bond acceptors (Lipinski definition) is 2. The first kappa shape index (κ1) is 7.47. The van der Waals surface area contributed by atoms with Crippen LogP contribution in [0.2, 0.25) is 0 Å². The van der Waals surface area contributed by atoms with Gasteiger partial charge in [-0.2, -0.15) is 0 Å². The van der Waals surface area contributed by atoms with Crippen molar-refractivity contribution in [2.75, 3.05) is 18.5 Å². The van der Waals surface area contributed by atoms with E-state index < -0.39 is 0 Å². The van der Waals surface area contributed by atoms with Crippen molar-refractivity contribution in [2.45, 2.75) is 13.3 Å². The summed E-state index contributed by atoms with van der Waals surface area (Å²) in [5.74, 6) is 0.420. The maximum absolute atomic E-state index is 9.45. The topological polar surface area (TPSA) is 23.5 Å². The summed E-state index contributed by atoms with van der Waals surface area (Å²) in [6.07, 6.45) is 1.06. The summed E-state index contributed by atoms with van der Waals surface area (Å²) in [6.45, 7) is 3.05. The Morgan fingerprint density at radius 3 is 2.92 bits per heavy atom. The maximum atomic E-state index is 9.45. The minimum absolute atomic E-state index is 0.420. The second kappa shape index (κ2) is 2.41. The number of benzene rings is 1. The van der Waals surface area contributed by atoms with E-state index >= 15 is 0 Å². The van der Waals surface area contributed by atoms with Crippen LogP contribution < -0.4 is 4.90 Å². The van der Waals surface area contributed by atoms with Gasteiger partial charge in [0.05, 0.1) is 0 Å². The van der Waals surface area contributed by atoms with Crippen molar-refractivity contribution in [3.63, 3.8) is 0 Å². The van der Waals surface area contributed by atoms with Crippen LogP contribution in [0.15, 0.2) is 12.1 Å². The van der Waals surface area contributed by atoms with Gasteiger partial charge in [-0.15, -0.1) is 0 Å². The Bertz CT molecular complexity index is 320. The van der Waals surface area contributed by atoms with Gasteiger partial charge in [-0.3, -0.25) is 0 Å². The van der Waals surface area contributed by atoms with Gasteiger partial charge in [0.25, 0.3) is 0 Å². The first-order valence-electron chi connectivity index (χ1n) is 4.22. The molecule has 1 aliphatic heterocycles. The molecule has 0 aromatic heterocycles. The summed E-state index contributed by atoms with van der Waals surface area (Å²) in [4.78, 5) is 2.22. The molecule has 1 aromatic carbocycles. The summed E-state index contributed by atoms with van der Waals surface area (Å²) in [6, 6.07) is 3.76. The van der Waals surface area contributed by atoms with Crippen LogP contribution in [0.3, 0.4) is 0 Å². The molecule has 0 unspecified atom stereocenters. The molecule has 64 valence electrons. The Morgan fingerprint density at radius 2 is 2.17 bits per heavy atom. The molecule has 1 aromatic rings. The van der Waals surface area contributed by atoms with Gasteiger partial charge in [0, 0.05) is 19.3 Å². The zero-order valence-electron chi connectivity index (χ0n) is 7.46. The molecule has 2 nitrogen and oxygen atoms in total. The predicted molar refractivity (Wildman–Crippen MR) is 49.8 cm³/mol. The summed E-state index contributed by atoms with van der Waals surface area (Å²) in [5, 5.41) is 9.45. The van der Waals surface area contributed by atoms with E-state index in [1.807, 2.05) is 13.0 Å². The van der Waals surface area contributed by atoms with E-state index in [4.69, 9.17) is 0 Å². The lowest BCUT2D eigenvalue weighted by Gasteiger charge is -2.12. The minimum atomic E-state index is 0.420. The number of aromatic hydroxyl groups is 1. The van der Waals surface area contributed by atoms with E-state index in [-0.39, 0.29) is 0 Å². The molecule has 1 N–H and O–H groups in total. The van der Waals surface area contributed by atoms with Crippen molar-refractivity contribution in [1.29, 1.82) is 0 Å². The van der Waals surface area contributed by atoms with Crippen LogP contribution in [0, 0.1) is 6.92 Å². The van der Waals surface area contributed by atoms with Crippen LogP contribution in [-0.2, 0) is 6.42 Å². The molecule has 2 heteroatoms. The molecule has 0 spiro atoms. The molecule has 0 radical (unpaired) electrons. The van der Waals surface area contributed by atoms with Crippen molar-refractivity contribution in [1.82, 2.24) is 0 Å². The third-order valence-electron chi connectivity index (χ3n) is 2.65. The molecule has 1 aliphatic rings. The van der Waals surface area contributed by atoms with Crippen molar-refractivity contribution >= 4 is 5.69 Å². The molecule has 1 heterocycles. The Hall–Kier alpha value is -1.18. The highest BCUT2D eigenvalue weighted by molar-refractivity contribution is 5.63. The van der Waals surface area contributed by atoms with Crippen LogP contribution in [0.25, 0.3) is 0 Å².